The number of rotatable bonds is 2. The summed E-state index contributed by atoms with van der Waals surface area (Å²) in [5.74, 6) is 0.727. The predicted octanol–water partition coefficient (Wildman–Crippen LogP) is 2.30. The third-order valence-corrected chi connectivity index (χ3v) is 6.07. The Morgan fingerprint density at radius 3 is 2.70 bits per heavy atom. The average Bonchev–Trinajstić information content (AvgIpc) is 2.88. The van der Waals surface area contributed by atoms with E-state index in [0.29, 0.717) is 6.54 Å². The Morgan fingerprint density at radius 1 is 1.25 bits per heavy atom. The van der Waals surface area contributed by atoms with Crippen LogP contribution in [0.1, 0.15) is 35.7 Å². The Labute approximate surface area is 121 Å². The number of hydrogen-bond donors (Lipinski definition) is 1. The summed E-state index contributed by atoms with van der Waals surface area (Å²) in [5, 5.41) is 11.5. The lowest BCUT2D eigenvalue weighted by molar-refractivity contribution is -0.153. The maximum atomic E-state index is 12.7. The van der Waals surface area contributed by atoms with Crippen LogP contribution in [0.4, 0.5) is 0 Å². The standard InChI is InChI=1S/C15H17NO3S/c17-14(10-6-8-5-9(8)7-10)16-3-1-12-11(2-4-20-12)13(16)15(18)19/h2,4,8-10,13H,1,3,5-7H2,(H,18,19). The summed E-state index contributed by atoms with van der Waals surface area (Å²) in [5.41, 5.74) is 0.824. The predicted molar refractivity (Wildman–Crippen MR) is 74.4 cm³/mol. The van der Waals surface area contributed by atoms with Crippen LogP contribution in [-0.2, 0) is 16.0 Å². The molecule has 1 aromatic rings. The molecule has 106 valence electrons. The zero-order valence-corrected chi connectivity index (χ0v) is 11.9. The van der Waals surface area contributed by atoms with Gasteiger partial charge in [0.2, 0.25) is 5.91 Å². The van der Waals surface area contributed by atoms with Crippen molar-refractivity contribution in [1.82, 2.24) is 4.90 Å². The van der Waals surface area contributed by atoms with Crippen molar-refractivity contribution in [3.8, 4) is 0 Å². The Bertz CT molecular complexity index is 571. The highest BCUT2D eigenvalue weighted by molar-refractivity contribution is 7.10. The lowest BCUT2D eigenvalue weighted by Gasteiger charge is -2.35. The molecule has 4 rings (SSSR count). The lowest BCUT2D eigenvalue weighted by Crippen LogP contribution is -2.45. The fraction of sp³-hybridized carbons (Fsp3) is 0.600. The summed E-state index contributed by atoms with van der Waals surface area (Å²) in [6.45, 7) is 0.551. The number of nitrogens with zero attached hydrogens (tertiary/aromatic N) is 1. The summed E-state index contributed by atoms with van der Waals surface area (Å²) < 4.78 is 0. The zero-order valence-electron chi connectivity index (χ0n) is 11.1. The second-order valence-electron chi connectivity index (χ2n) is 6.25. The number of amides is 1. The average molecular weight is 291 g/mol. The molecule has 1 N–H and O–H groups in total. The third-order valence-electron chi connectivity index (χ3n) is 5.08. The van der Waals surface area contributed by atoms with Crippen LogP contribution in [0.2, 0.25) is 0 Å². The highest BCUT2D eigenvalue weighted by atomic mass is 32.1. The van der Waals surface area contributed by atoms with E-state index >= 15 is 0 Å². The molecule has 4 nitrogen and oxygen atoms in total. The molecule has 3 unspecified atom stereocenters. The summed E-state index contributed by atoms with van der Waals surface area (Å²) in [6.07, 6.45) is 4.02. The lowest BCUT2D eigenvalue weighted by atomic mass is 9.95. The smallest absolute Gasteiger partial charge is 0.331 e. The van der Waals surface area contributed by atoms with Gasteiger partial charge in [0.05, 0.1) is 0 Å². The van der Waals surface area contributed by atoms with Crippen molar-refractivity contribution in [3.63, 3.8) is 0 Å². The molecule has 2 aliphatic carbocycles. The largest absolute Gasteiger partial charge is 0.479 e. The minimum atomic E-state index is -0.902. The van der Waals surface area contributed by atoms with Crippen LogP contribution < -0.4 is 0 Å². The molecule has 1 aromatic heterocycles. The molecule has 0 aromatic carbocycles. The van der Waals surface area contributed by atoms with E-state index in [1.54, 1.807) is 16.2 Å². The van der Waals surface area contributed by atoms with E-state index in [2.05, 4.69) is 0 Å². The Balaban J connectivity index is 1.60. The van der Waals surface area contributed by atoms with Gasteiger partial charge in [0.25, 0.3) is 0 Å². The van der Waals surface area contributed by atoms with Crippen molar-refractivity contribution >= 4 is 23.2 Å². The SMILES string of the molecule is O=C(O)C1c2ccsc2CCN1C(=O)C1CC2CC2C1. The van der Waals surface area contributed by atoms with Crippen LogP contribution in [0.5, 0.6) is 0 Å². The molecule has 5 heteroatoms. The van der Waals surface area contributed by atoms with Crippen LogP contribution in [-0.4, -0.2) is 28.4 Å². The summed E-state index contributed by atoms with van der Waals surface area (Å²) >= 11 is 1.60. The van der Waals surface area contributed by atoms with Gasteiger partial charge >= 0.3 is 5.97 Å². The van der Waals surface area contributed by atoms with Crippen molar-refractivity contribution in [1.29, 1.82) is 0 Å². The number of carbonyl (C=O) groups excluding carboxylic acids is 1. The first-order chi connectivity index (χ1) is 9.65. The molecule has 0 saturated heterocycles. The van der Waals surface area contributed by atoms with E-state index in [-0.39, 0.29) is 11.8 Å². The number of carboxylic acid groups (broad SMARTS) is 1. The van der Waals surface area contributed by atoms with Crippen molar-refractivity contribution in [2.24, 2.45) is 17.8 Å². The van der Waals surface area contributed by atoms with E-state index in [1.165, 1.54) is 6.42 Å². The number of carbonyl (C=O) groups is 2. The van der Waals surface area contributed by atoms with Gasteiger partial charge in [-0.2, -0.15) is 0 Å². The van der Waals surface area contributed by atoms with Crippen LogP contribution in [0.15, 0.2) is 11.4 Å². The summed E-state index contributed by atoms with van der Waals surface area (Å²) in [7, 11) is 0. The van der Waals surface area contributed by atoms with Gasteiger partial charge < -0.3 is 10.0 Å². The molecule has 3 atom stereocenters. The quantitative estimate of drug-likeness (QED) is 0.909. The van der Waals surface area contributed by atoms with Gasteiger partial charge in [-0.05, 0) is 54.5 Å². The Morgan fingerprint density at radius 2 is 2.00 bits per heavy atom. The first-order valence-electron chi connectivity index (χ1n) is 7.24. The third kappa shape index (κ3) is 1.79. The first kappa shape index (κ1) is 12.4. The number of thiophene rings is 1. The van der Waals surface area contributed by atoms with Crippen LogP contribution in [0.3, 0.4) is 0 Å². The minimum absolute atomic E-state index is 0.0702. The summed E-state index contributed by atoms with van der Waals surface area (Å²) in [6, 6.07) is 1.10. The molecule has 0 radical (unpaired) electrons. The number of fused-ring (bicyclic) bond motifs is 2. The van der Waals surface area contributed by atoms with E-state index in [9.17, 15) is 14.7 Å². The normalized spacial score (nSPS) is 34.5. The van der Waals surface area contributed by atoms with Gasteiger partial charge in [-0.25, -0.2) is 4.79 Å². The molecule has 1 amide bonds. The highest BCUT2D eigenvalue weighted by Crippen LogP contribution is 2.55. The van der Waals surface area contributed by atoms with Crippen LogP contribution >= 0.6 is 11.3 Å². The minimum Gasteiger partial charge on any atom is -0.479 e. The van der Waals surface area contributed by atoms with Gasteiger partial charge in [-0.1, -0.05) is 0 Å². The molecular weight excluding hydrogens is 274 g/mol. The van der Waals surface area contributed by atoms with Crippen LogP contribution in [0, 0.1) is 17.8 Å². The molecule has 2 heterocycles. The second kappa shape index (κ2) is 4.32. The van der Waals surface area contributed by atoms with Gasteiger partial charge in [0.1, 0.15) is 0 Å². The number of aliphatic carboxylic acids is 1. The number of carboxylic acids is 1. The molecule has 1 aliphatic heterocycles. The van der Waals surface area contributed by atoms with Gasteiger partial charge in [0, 0.05) is 17.3 Å². The van der Waals surface area contributed by atoms with Gasteiger partial charge in [0.15, 0.2) is 6.04 Å². The fourth-order valence-electron chi connectivity index (χ4n) is 3.97. The highest BCUT2D eigenvalue weighted by Gasteiger charge is 2.50. The van der Waals surface area contributed by atoms with E-state index < -0.39 is 12.0 Å². The van der Waals surface area contributed by atoms with Crippen molar-refractivity contribution < 1.29 is 14.7 Å². The van der Waals surface area contributed by atoms with E-state index in [0.717, 1.165) is 41.5 Å². The molecule has 2 saturated carbocycles. The van der Waals surface area contributed by atoms with Crippen molar-refractivity contribution in [2.75, 3.05) is 6.54 Å². The number of hydrogen-bond acceptors (Lipinski definition) is 3. The molecule has 20 heavy (non-hydrogen) atoms. The zero-order chi connectivity index (χ0) is 13.9. The maximum Gasteiger partial charge on any atom is 0.331 e. The van der Waals surface area contributed by atoms with Crippen molar-refractivity contribution in [3.05, 3.63) is 21.9 Å². The fourth-order valence-corrected chi connectivity index (χ4v) is 4.87. The molecular formula is C15H17NO3S. The van der Waals surface area contributed by atoms with Gasteiger partial charge in [-0.15, -0.1) is 11.3 Å². The molecule has 2 fully saturated rings. The maximum absolute atomic E-state index is 12.7. The monoisotopic (exact) mass is 291 g/mol. The molecule has 3 aliphatic rings. The van der Waals surface area contributed by atoms with E-state index in [1.807, 2.05) is 11.4 Å². The molecule has 0 spiro atoms. The Hall–Kier alpha value is -1.36. The van der Waals surface area contributed by atoms with E-state index in [4.69, 9.17) is 0 Å². The first-order valence-corrected chi connectivity index (χ1v) is 8.12. The van der Waals surface area contributed by atoms with Crippen LogP contribution in [0.25, 0.3) is 0 Å². The van der Waals surface area contributed by atoms with Crippen molar-refractivity contribution in [2.45, 2.75) is 31.7 Å². The topological polar surface area (TPSA) is 57.6 Å². The molecule has 0 bridgehead atoms. The Kier molecular flexibility index (Phi) is 2.67. The van der Waals surface area contributed by atoms with Gasteiger partial charge in [-0.3, -0.25) is 4.79 Å². The second-order valence-corrected chi connectivity index (χ2v) is 7.25. The summed E-state index contributed by atoms with van der Waals surface area (Å²) in [4.78, 5) is 27.0.